The molecule has 168 valence electrons. The van der Waals surface area contributed by atoms with Crippen LogP contribution in [-0.2, 0) is 6.54 Å². The highest BCUT2D eigenvalue weighted by Gasteiger charge is 2.27. The minimum absolute atomic E-state index is 0.135. The van der Waals surface area contributed by atoms with Crippen molar-refractivity contribution in [3.63, 3.8) is 0 Å². The molecule has 1 atom stereocenters. The summed E-state index contributed by atoms with van der Waals surface area (Å²) in [5.41, 5.74) is 2.09. The molecule has 0 bridgehead atoms. The second-order valence-corrected chi connectivity index (χ2v) is 9.29. The molecule has 7 nitrogen and oxygen atoms in total. The van der Waals surface area contributed by atoms with Crippen molar-refractivity contribution >= 4 is 27.5 Å². The number of nitrogens with zero attached hydrogens (tertiary/aromatic N) is 5. The molecule has 0 unspecified atom stereocenters. The lowest BCUT2D eigenvalue weighted by atomic mass is 10.2. The monoisotopic (exact) mass is 459 g/mol. The van der Waals surface area contributed by atoms with Crippen LogP contribution in [0, 0.1) is 0 Å². The van der Waals surface area contributed by atoms with Gasteiger partial charge in [-0.2, -0.15) is 5.10 Å². The molecule has 5 rings (SSSR count). The van der Waals surface area contributed by atoms with E-state index in [1.807, 2.05) is 53.4 Å². The van der Waals surface area contributed by atoms with Gasteiger partial charge in [0, 0.05) is 32.2 Å². The number of rotatable bonds is 5. The van der Waals surface area contributed by atoms with Gasteiger partial charge in [-0.25, -0.2) is 9.67 Å². The molecule has 1 amide bonds. The predicted molar refractivity (Wildman–Crippen MR) is 130 cm³/mol. The highest BCUT2D eigenvalue weighted by atomic mass is 32.1. The molecule has 0 N–H and O–H groups in total. The van der Waals surface area contributed by atoms with E-state index < -0.39 is 0 Å². The van der Waals surface area contributed by atoms with Crippen LogP contribution in [0.15, 0.2) is 71.5 Å². The Morgan fingerprint density at radius 2 is 1.70 bits per heavy atom. The van der Waals surface area contributed by atoms with Gasteiger partial charge in [0.2, 0.25) is 0 Å². The van der Waals surface area contributed by atoms with Crippen molar-refractivity contribution in [2.24, 2.45) is 0 Å². The number of carbonyl (C=O) groups excluding carboxylic acids is 1. The van der Waals surface area contributed by atoms with Crippen LogP contribution in [0.5, 0.6) is 0 Å². The van der Waals surface area contributed by atoms with E-state index in [1.165, 1.54) is 21.5 Å². The van der Waals surface area contributed by atoms with E-state index in [9.17, 15) is 9.59 Å². The van der Waals surface area contributed by atoms with Crippen molar-refractivity contribution in [3.05, 3.63) is 93.3 Å². The number of piperazine rings is 1. The molecule has 1 aliphatic heterocycles. The lowest BCUT2D eigenvalue weighted by molar-refractivity contribution is 0.0574. The molecule has 8 heteroatoms. The molecule has 4 aromatic rings. The average Bonchev–Trinajstić information content (AvgIpc) is 3.30. The Hall–Kier alpha value is -3.36. The lowest BCUT2D eigenvalue weighted by Gasteiger charge is -2.37. The quantitative estimate of drug-likeness (QED) is 0.457. The molecule has 3 heterocycles. The van der Waals surface area contributed by atoms with Gasteiger partial charge >= 0.3 is 0 Å². The van der Waals surface area contributed by atoms with Gasteiger partial charge in [-0.05, 0) is 30.7 Å². The van der Waals surface area contributed by atoms with E-state index in [0.717, 1.165) is 29.2 Å². The molecule has 1 aliphatic rings. The van der Waals surface area contributed by atoms with Crippen LogP contribution in [-0.4, -0.2) is 56.7 Å². The normalized spacial score (nSPS) is 15.6. The molecule has 33 heavy (non-hydrogen) atoms. The van der Waals surface area contributed by atoms with Gasteiger partial charge in [-0.3, -0.25) is 14.5 Å². The number of hydrogen-bond acceptors (Lipinski definition) is 6. The SMILES string of the molecule is C[C@H](c1nc2ccccc2s1)N1CCN(C(=O)c2ccc(=O)n(Cc3ccccc3)n2)CC1. The maximum atomic E-state index is 13.1. The molecule has 2 aromatic heterocycles. The number of hydrogen-bond donors (Lipinski definition) is 0. The fraction of sp³-hybridized carbons (Fsp3) is 0.280. The summed E-state index contributed by atoms with van der Waals surface area (Å²) < 4.78 is 2.55. The van der Waals surface area contributed by atoms with E-state index >= 15 is 0 Å². The van der Waals surface area contributed by atoms with Crippen molar-refractivity contribution in [1.29, 1.82) is 0 Å². The molecule has 1 fully saturated rings. The van der Waals surface area contributed by atoms with Crippen LogP contribution >= 0.6 is 11.3 Å². The second kappa shape index (κ2) is 9.25. The first-order valence-corrected chi connectivity index (χ1v) is 11.9. The van der Waals surface area contributed by atoms with Crippen molar-refractivity contribution in [2.45, 2.75) is 19.5 Å². The Morgan fingerprint density at radius 1 is 0.970 bits per heavy atom. The van der Waals surface area contributed by atoms with Crippen LogP contribution in [0.25, 0.3) is 10.2 Å². The summed E-state index contributed by atoms with van der Waals surface area (Å²) in [6, 6.07) is 21.0. The van der Waals surface area contributed by atoms with Crippen LogP contribution in [0.1, 0.15) is 34.0 Å². The molecule has 0 saturated carbocycles. The third-order valence-electron chi connectivity index (χ3n) is 6.08. The summed E-state index contributed by atoms with van der Waals surface area (Å²) in [6.45, 7) is 5.30. The Labute approximate surface area is 195 Å². The summed E-state index contributed by atoms with van der Waals surface area (Å²) in [6.07, 6.45) is 0. The Morgan fingerprint density at radius 3 is 2.45 bits per heavy atom. The maximum Gasteiger partial charge on any atom is 0.274 e. The van der Waals surface area contributed by atoms with Crippen LogP contribution in [0.4, 0.5) is 0 Å². The number of thiazole rings is 1. The summed E-state index contributed by atoms with van der Waals surface area (Å²) >= 11 is 1.73. The second-order valence-electron chi connectivity index (χ2n) is 8.22. The van der Waals surface area contributed by atoms with Crippen LogP contribution < -0.4 is 5.56 Å². The van der Waals surface area contributed by atoms with Crippen molar-refractivity contribution in [1.82, 2.24) is 24.6 Å². The molecular weight excluding hydrogens is 434 g/mol. The zero-order valence-corrected chi connectivity index (χ0v) is 19.2. The first-order chi connectivity index (χ1) is 16.1. The van der Waals surface area contributed by atoms with Gasteiger partial charge in [-0.15, -0.1) is 11.3 Å². The summed E-state index contributed by atoms with van der Waals surface area (Å²) in [4.78, 5) is 34.3. The van der Waals surface area contributed by atoms with E-state index in [4.69, 9.17) is 4.98 Å². The number of aromatic nitrogens is 3. The topological polar surface area (TPSA) is 71.3 Å². The van der Waals surface area contributed by atoms with Crippen molar-refractivity contribution in [3.8, 4) is 0 Å². The lowest BCUT2D eigenvalue weighted by Crippen LogP contribution is -2.49. The highest BCUT2D eigenvalue weighted by Crippen LogP contribution is 2.30. The number of benzene rings is 2. The van der Waals surface area contributed by atoms with Gasteiger partial charge in [0.05, 0.1) is 22.8 Å². The fourth-order valence-electron chi connectivity index (χ4n) is 4.13. The molecule has 1 saturated heterocycles. The minimum Gasteiger partial charge on any atom is -0.335 e. The highest BCUT2D eigenvalue weighted by molar-refractivity contribution is 7.18. The number of amides is 1. The van der Waals surface area contributed by atoms with Gasteiger partial charge in [0.15, 0.2) is 0 Å². The van der Waals surface area contributed by atoms with Crippen LogP contribution in [0.2, 0.25) is 0 Å². The van der Waals surface area contributed by atoms with E-state index in [1.54, 1.807) is 11.3 Å². The smallest absolute Gasteiger partial charge is 0.274 e. The third kappa shape index (κ3) is 4.58. The van der Waals surface area contributed by atoms with Gasteiger partial charge in [-0.1, -0.05) is 42.5 Å². The van der Waals surface area contributed by atoms with Crippen molar-refractivity contribution in [2.75, 3.05) is 26.2 Å². The Bertz CT molecular complexity index is 1290. The average molecular weight is 460 g/mol. The molecule has 0 aliphatic carbocycles. The third-order valence-corrected chi connectivity index (χ3v) is 7.28. The Kier molecular flexibility index (Phi) is 6.02. The largest absolute Gasteiger partial charge is 0.335 e. The summed E-state index contributed by atoms with van der Waals surface area (Å²) in [5, 5.41) is 5.46. The standard InChI is InChI=1S/C25H25N5O2S/c1-18(24-26-20-9-5-6-10-22(20)33-24)28-13-15-29(16-14-28)25(32)21-11-12-23(31)30(27-21)17-19-7-3-2-4-8-19/h2-12,18H,13-17H2,1H3/t18-/m1/s1. The minimum atomic E-state index is -0.218. The van der Waals surface area contributed by atoms with Gasteiger partial charge in [0.25, 0.3) is 11.5 Å². The first kappa shape index (κ1) is 21.5. The molecule has 0 radical (unpaired) electrons. The van der Waals surface area contributed by atoms with Gasteiger partial charge in [0.1, 0.15) is 10.7 Å². The number of fused-ring (bicyclic) bond motifs is 1. The molecule has 2 aromatic carbocycles. The molecule has 0 spiro atoms. The molecular formula is C25H25N5O2S. The predicted octanol–water partition coefficient (Wildman–Crippen LogP) is 3.42. The fourth-order valence-corrected chi connectivity index (χ4v) is 5.19. The zero-order valence-electron chi connectivity index (χ0n) is 18.4. The number of para-hydroxylation sites is 1. The van der Waals surface area contributed by atoms with E-state index in [-0.39, 0.29) is 17.5 Å². The maximum absolute atomic E-state index is 13.1. The van der Waals surface area contributed by atoms with Crippen molar-refractivity contribution < 1.29 is 4.79 Å². The first-order valence-electron chi connectivity index (χ1n) is 11.1. The summed E-state index contributed by atoms with van der Waals surface area (Å²) in [5.74, 6) is -0.135. The summed E-state index contributed by atoms with van der Waals surface area (Å²) in [7, 11) is 0. The van der Waals surface area contributed by atoms with E-state index in [2.05, 4.69) is 23.0 Å². The zero-order chi connectivity index (χ0) is 22.8. The van der Waals surface area contributed by atoms with Gasteiger partial charge < -0.3 is 4.90 Å². The number of carbonyl (C=O) groups is 1. The van der Waals surface area contributed by atoms with Crippen LogP contribution in [0.3, 0.4) is 0 Å². The van der Waals surface area contributed by atoms with E-state index in [0.29, 0.717) is 25.3 Å². The Balaban J connectivity index is 1.25.